The Balaban J connectivity index is 1.68. The summed E-state index contributed by atoms with van der Waals surface area (Å²) in [5.41, 5.74) is 3.49. The van der Waals surface area contributed by atoms with E-state index in [0.717, 1.165) is 35.6 Å². The maximum Gasteiger partial charge on any atom is 0.188 e. The molecule has 0 saturated carbocycles. The minimum atomic E-state index is -0.00403. The second-order valence-corrected chi connectivity index (χ2v) is 7.12. The van der Waals surface area contributed by atoms with Gasteiger partial charge in [0.15, 0.2) is 6.23 Å². The fourth-order valence-corrected chi connectivity index (χ4v) is 3.63. The molecule has 0 unspecified atom stereocenters. The van der Waals surface area contributed by atoms with Crippen LogP contribution in [0.15, 0.2) is 53.6 Å². The predicted octanol–water partition coefficient (Wildman–Crippen LogP) is 4.61. The molecule has 0 amide bonds. The van der Waals surface area contributed by atoms with Gasteiger partial charge in [0.1, 0.15) is 11.5 Å². The van der Waals surface area contributed by atoms with Gasteiger partial charge in [-0.2, -0.15) is 5.10 Å². The number of para-hydroxylation sites is 1. The molecule has 0 spiro atoms. The highest BCUT2D eigenvalue weighted by Crippen LogP contribution is 2.44. The molecular formula is C21H24N2O2. The lowest BCUT2D eigenvalue weighted by atomic mass is 9.95. The Kier molecular flexibility index (Phi) is 4.12. The molecule has 2 aliphatic rings. The van der Waals surface area contributed by atoms with Crippen LogP contribution in [0.1, 0.15) is 43.9 Å². The van der Waals surface area contributed by atoms with Crippen molar-refractivity contribution < 1.29 is 9.47 Å². The number of ether oxygens (including phenoxy) is 2. The SMILES string of the molecule is COc1ccc(C2=NN3[C@@H](CC(C)C)Oc4ccccc4[C@@H]3C2)cc1. The standard InChI is InChI=1S/C21H24N2O2/c1-14(2)12-21-23-19(17-6-4-5-7-20(17)25-21)13-18(22-23)15-8-10-16(24-3)11-9-15/h4-11,14,19,21H,12-13H2,1-3H3/t19-,21+/m0/s1. The second kappa shape index (κ2) is 6.43. The second-order valence-electron chi connectivity index (χ2n) is 7.12. The van der Waals surface area contributed by atoms with Crippen LogP contribution >= 0.6 is 0 Å². The van der Waals surface area contributed by atoms with Crippen molar-refractivity contribution in [3.63, 3.8) is 0 Å². The van der Waals surface area contributed by atoms with Crippen LogP contribution in [0.5, 0.6) is 11.5 Å². The summed E-state index contributed by atoms with van der Waals surface area (Å²) in [6.07, 6.45) is 1.86. The van der Waals surface area contributed by atoms with Crippen molar-refractivity contribution >= 4 is 5.71 Å². The normalized spacial score (nSPS) is 21.4. The van der Waals surface area contributed by atoms with E-state index in [1.54, 1.807) is 7.11 Å². The van der Waals surface area contributed by atoms with Gasteiger partial charge in [0.05, 0.1) is 18.9 Å². The Morgan fingerprint density at radius 3 is 2.64 bits per heavy atom. The van der Waals surface area contributed by atoms with E-state index in [-0.39, 0.29) is 12.3 Å². The van der Waals surface area contributed by atoms with Crippen LogP contribution in [0.25, 0.3) is 0 Å². The summed E-state index contributed by atoms with van der Waals surface area (Å²) in [5, 5.41) is 7.12. The number of rotatable bonds is 4. The third kappa shape index (κ3) is 2.97. The summed E-state index contributed by atoms with van der Waals surface area (Å²) in [7, 11) is 1.69. The molecule has 0 N–H and O–H groups in total. The van der Waals surface area contributed by atoms with E-state index in [1.807, 2.05) is 18.2 Å². The molecule has 2 aromatic rings. The van der Waals surface area contributed by atoms with Gasteiger partial charge in [-0.15, -0.1) is 0 Å². The molecule has 2 heterocycles. The van der Waals surface area contributed by atoms with Gasteiger partial charge in [0.2, 0.25) is 0 Å². The van der Waals surface area contributed by atoms with Gasteiger partial charge in [-0.25, -0.2) is 0 Å². The molecule has 4 heteroatoms. The van der Waals surface area contributed by atoms with Crippen molar-refractivity contribution in [3.8, 4) is 11.5 Å². The van der Waals surface area contributed by atoms with Crippen molar-refractivity contribution in [1.82, 2.24) is 5.01 Å². The third-order valence-electron chi connectivity index (χ3n) is 4.87. The Hall–Kier alpha value is -2.49. The van der Waals surface area contributed by atoms with Crippen LogP contribution in [0.4, 0.5) is 0 Å². The average molecular weight is 336 g/mol. The van der Waals surface area contributed by atoms with Gasteiger partial charge in [-0.3, -0.25) is 5.01 Å². The first-order valence-corrected chi connectivity index (χ1v) is 8.91. The van der Waals surface area contributed by atoms with E-state index in [4.69, 9.17) is 14.6 Å². The van der Waals surface area contributed by atoms with Crippen LogP contribution in [0.2, 0.25) is 0 Å². The Bertz CT molecular complexity index is 783. The molecule has 4 rings (SSSR count). The molecule has 2 aromatic carbocycles. The third-order valence-corrected chi connectivity index (χ3v) is 4.87. The van der Waals surface area contributed by atoms with Crippen LogP contribution < -0.4 is 9.47 Å². The van der Waals surface area contributed by atoms with Crippen molar-refractivity contribution in [2.24, 2.45) is 11.0 Å². The van der Waals surface area contributed by atoms with Gasteiger partial charge < -0.3 is 9.47 Å². The lowest BCUT2D eigenvalue weighted by molar-refractivity contribution is -0.0291. The summed E-state index contributed by atoms with van der Waals surface area (Å²) in [5.74, 6) is 2.42. The Morgan fingerprint density at radius 1 is 1.16 bits per heavy atom. The van der Waals surface area contributed by atoms with Crippen molar-refractivity contribution in [1.29, 1.82) is 0 Å². The summed E-state index contributed by atoms with van der Waals surface area (Å²) in [6.45, 7) is 4.45. The van der Waals surface area contributed by atoms with Crippen molar-refractivity contribution in [2.75, 3.05) is 7.11 Å². The van der Waals surface area contributed by atoms with E-state index in [1.165, 1.54) is 5.56 Å². The summed E-state index contributed by atoms with van der Waals surface area (Å²) < 4.78 is 11.5. The van der Waals surface area contributed by atoms with E-state index >= 15 is 0 Å². The van der Waals surface area contributed by atoms with Gasteiger partial charge >= 0.3 is 0 Å². The summed E-state index contributed by atoms with van der Waals surface area (Å²) >= 11 is 0. The highest BCUT2D eigenvalue weighted by Gasteiger charge is 2.40. The fourth-order valence-electron chi connectivity index (χ4n) is 3.63. The number of benzene rings is 2. The highest BCUT2D eigenvalue weighted by molar-refractivity contribution is 6.02. The minimum Gasteiger partial charge on any atom is -0.497 e. The molecule has 2 atom stereocenters. The average Bonchev–Trinajstić information content (AvgIpc) is 3.07. The molecule has 0 radical (unpaired) electrons. The van der Waals surface area contributed by atoms with Gasteiger partial charge in [-0.1, -0.05) is 32.0 Å². The van der Waals surface area contributed by atoms with Crippen LogP contribution in [0.3, 0.4) is 0 Å². The molecule has 0 bridgehead atoms. The van der Waals surface area contributed by atoms with E-state index < -0.39 is 0 Å². The van der Waals surface area contributed by atoms with Crippen molar-refractivity contribution in [3.05, 3.63) is 59.7 Å². The summed E-state index contributed by atoms with van der Waals surface area (Å²) in [6, 6.07) is 16.8. The predicted molar refractivity (Wildman–Crippen MR) is 99.0 cm³/mol. The van der Waals surface area contributed by atoms with E-state index in [9.17, 15) is 0 Å². The van der Waals surface area contributed by atoms with Crippen LogP contribution in [0, 0.1) is 5.92 Å². The molecule has 0 aromatic heterocycles. The fraction of sp³-hybridized carbons (Fsp3) is 0.381. The Morgan fingerprint density at radius 2 is 1.92 bits per heavy atom. The van der Waals surface area contributed by atoms with Crippen LogP contribution in [-0.4, -0.2) is 24.1 Å². The van der Waals surface area contributed by atoms with E-state index in [2.05, 4.69) is 49.2 Å². The van der Waals surface area contributed by atoms with Gasteiger partial charge in [-0.05, 0) is 41.8 Å². The number of nitrogens with zero attached hydrogens (tertiary/aromatic N) is 2. The molecular weight excluding hydrogens is 312 g/mol. The number of methoxy groups -OCH3 is 1. The van der Waals surface area contributed by atoms with Crippen LogP contribution in [-0.2, 0) is 0 Å². The topological polar surface area (TPSA) is 34.1 Å². The molecule has 130 valence electrons. The van der Waals surface area contributed by atoms with Crippen molar-refractivity contribution in [2.45, 2.75) is 39.0 Å². The number of fused-ring (bicyclic) bond motifs is 3. The zero-order valence-corrected chi connectivity index (χ0v) is 15.0. The zero-order valence-electron chi connectivity index (χ0n) is 15.0. The minimum absolute atomic E-state index is 0.00403. The molecule has 2 aliphatic heterocycles. The first kappa shape index (κ1) is 16.0. The first-order valence-electron chi connectivity index (χ1n) is 8.91. The number of hydrogen-bond donors (Lipinski definition) is 0. The number of hydrogen-bond acceptors (Lipinski definition) is 4. The monoisotopic (exact) mass is 336 g/mol. The largest absolute Gasteiger partial charge is 0.497 e. The zero-order chi connectivity index (χ0) is 17.4. The molecule has 4 nitrogen and oxygen atoms in total. The smallest absolute Gasteiger partial charge is 0.188 e. The Labute approximate surface area is 149 Å². The molecule has 0 fully saturated rings. The first-order chi connectivity index (χ1) is 12.2. The summed E-state index contributed by atoms with van der Waals surface area (Å²) in [4.78, 5) is 0. The quantitative estimate of drug-likeness (QED) is 0.817. The molecule has 25 heavy (non-hydrogen) atoms. The number of hydrazone groups is 1. The lowest BCUT2D eigenvalue weighted by Crippen LogP contribution is -2.41. The lowest BCUT2D eigenvalue weighted by Gasteiger charge is -2.38. The molecule has 0 saturated heterocycles. The van der Waals surface area contributed by atoms with Gasteiger partial charge in [0.25, 0.3) is 0 Å². The maximum atomic E-state index is 6.28. The molecule has 0 aliphatic carbocycles. The van der Waals surface area contributed by atoms with Gasteiger partial charge in [0, 0.05) is 18.4 Å². The van der Waals surface area contributed by atoms with E-state index in [0.29, 0.717) is 5.92 Å². The highest BCUT2D eigenvalue weighted by atomic mass is 16.5. The maximum absolute atomic E-state index is 6.28.